The second kappa shape index (κ2) is 7.70. The van der Waals surface area contributed by atoms with Crippen LogP contribution in [0.3, 0.4) is 0 Å². The normalized spacial score (nSPS) is 16.8. The molecule has 1 fully saturated rings. The minimum atomic E-state index is -0.0596. The molecule has 6 heteroatoms. The molecule has 1 saturated heterocycles. The maximum atomic E-state index is 12.8. The summed E-state index contributed by atoms with van der Waals surface area (Å²) >= 11 is 5.30. The predicted molar refractivity (Wildman–Crippen MR) is 108 cm³/mol. The number of methoxy groups -OCH3 is 1. The van der Waals surface area contributed by atoms with Gasteiger partial charge in [0.2, 0.25) is 0 Å². The molecule has 132 valence electrons. The number of urea groups is 1. The first-order valence-electron chi connectivity index (χ1n) is 8.10. The molecule has 1 heterocycles. The Labute approximate surface area is 161 Å². The zero-order valence-corrected chi connectivity index (χ0v) is 16.9. The number of aryl methyl sites for hydroxylation is 1. The second-order valence-electron chi connectivity index (χ2n) is 5.99. The largest absolute Gasteiger partial charge is 0.496 e. The Hall–Kier alpha value is -1.66. The fourth-order valence-electron chi connectivity index (χ4n) is 2.86. The highest BCUT2D eigenvalue weighted by Crippen LogP contribution is 2.40. The van der Waals surface area contributed by atoms with Crippen LogP contribution in [-0.4, -0.2) is 30.3 Å². The monoisotopic (exact) mass is 420 g/mol. The van der Waals surface area contributed by atoms with Gasteiger partial charge in [-0.25, -0.2) is 4.79 Å². The molecule has 1 N–H and O–H groups in total. The molecule has 0 saturated carbocycles. The molecule has 25 heavy (non-hydrogen) atoms. The molecule has 3 rings (SSSR count). The van der Waals surface area contributed by atoms with Crippen molar-refractivity contribution in [3.8, 4) is 5.75 Å². The van der Waals surface area contributed by atoms with Crippen LogP contribution in [0.15, 0.2) is 40.9 Å². The number of amides is 2. The number of rotatable bonds is 3. The van der Waals surface area contributed by atoms with Crippen LogP contribution in [-0.2, 0) is 0 Å². The first kappa shape index (κ1) is 18.1. The van der Waals surface area contributed by atoms with Crippen molar-refractivity contribution < 1.29 is 9.53 Å². The van der Waals surface area contributed by atoms with Gasteiger partial charge in [-0.05, 0) is 64.7 Å². The van der Waals surface area contributed by atoms with Gasteiger partial charge in [0.1, 0.15) is 11.1 Å². The standard InChI is InChI=1S/C19H21BrN2O2S/c1-12-5-4-6-16(13(12)2)21-19(23)22-9-10-25-18(22)14-7-8-17(24-3)15(20)11-14/h4-8,11,18H,9-10H2,1-3H3,(H,21,23). The van der Waals surface area contributed by atoms with Gasteiger partial charge in [-0.2, -0.15) is 0 Å². The molecular weight excluding hydrogens is 400 g/mol. The summed E-state index contributed by atoms with van der Waals surface area (Å²) in [5, 5.41) is 3.07. The summed E-state index contributed by atoms with van der Waals surface area (Å²) in [6.45, 7) is 4.81. The molecule has 1 aliphatic rings. The maximum absolute atomic E-state index is 12.8. The molecule has 0 radical (unpaired) electrons. The number of benzene rings is 2. The minimum absolute atomic E-state index is 0.00678. The molecule has 2 amide bonds. The number of nitrogens with zero attached hydrogens (tertiary/aromatic N) is 1. The van der Waals surface area contributed by atoms with Crippen molar-refractivity contribution in [1.82, 2.24) is 4.90 Å². The Morgan fingerprint density at radius 2 is 2.12 bits per heavy atom. The van der Waals surface area contributed by atoms with Crippen molar-refractivity contribution in [3.05, 3.63) is 57.6 Å². The highest BCUT2D eigenvalue weighted by molar-refractivity contribution is 9.10. The molecule has 1 atom stereocenters. The van der Waals surface area contributed by atoms with E-state index in [0.29, 0.717) is 0 Å². The van der Waals surface area contributed by atoms with E-state index in [0.717, 1.165) is 39.3 Å². The third-order valence-electron chi connectivity index (χ3n) is 4.46. The highest BCUT2D eigenvalue weighted by atomic mass is 79.9. The molecule has 0 spiro atoms. The van der Waals surface area contributed by atoms with Gasteiger partial charge in [-0.15, -0.1) is 11.8 Å². The Morgan fingerprint density at radius 3 is 2.84 bits per heavy atom. The third-order valence-corrected chi connectivity index (χ3v) is 6.34. The lowest BCUT2D eigenvalue weighted by Crippen LogP contribution is -2.34. The Kier molecular flexibility index (Phi) is 5.59. The molecule has 2 aromatic carbocycles. The summed E-state index contributed by atoms with van der Waals surface area (Å²) in [5.41, 5.74) is 4.23. The zero-order valence-electron chi connectivity index (χ0n) is 14.5. The molecule has 2 aromatic rings. The summed E-state index contributed by atoms with van der Waals surface area (Å²) in [4.78, 5) is 14.7. The van der Waals surface area contributed by atoms with Crippen LogP contribution in [0.25, 0.3) is 0 Å². The van der Waals surface area contributed by atoms with Crippen molar-refractivity contribution >= 4 is 39.4 Å². The first-order valence-corrected chi connectivity index (χ1v) is 9.94. The summed E-state index contributed by atoms with van der Waals surface area (Å²) in [6.07, 6.45) is 0. The van der Waals surface area contributed by atoms with E-state index < -0.39 is 0 Å². The molecule has 1 aliphatic heterocycles. The van der Waals surface area contributed by atoms with Gasteiger partial charge < -0.3 is 15.0 Å². The molecule has 0 aliphatic carbocycles. The fourth-order valence-corrected chi connectivity index (χ4v) is 4.67. The van der Waals surface area contributed by atoms with Crippen LogP contribution >= 0.6 is 27.7 Å². The molecule has 0 aromatic heterocycles. The number of ether oxygens (including phenoxy) is 1. The topological polar surface area (TPSA) is 41.6 Å². The number of hydrogen-bond acceptors (Lipinski definition) is 3. The quantitative estimate of drug-likeness (QED) is 0.726. The second-order valence-corrected chi connectivity index (χ2v) is 8.03. The molecular formula is C19H21BrN2O2S. The Morgan fingerprint density at radius 1 is 1.32 bits per heavy atom. The molecule has 0 bridgehead atoms. The fraction of sp³-hybridized carbons (Fsp3) is 0.316. The maximum Gasteiger partial charge on any atom is 0.323 e. The third kappa shape index (κ3) is 3.80. The zero-order chi connectivity index (χ0) is 18.0. The van der Waals surface area contributed by atoms with E-state index in [4.69, 9.17) is 4.74 Å². The van der Waals surface area contributed by atoms with Gasteiger partial charge in [0.05, 0.1) is 11.6 Å². The highest BCUT2D eigenvalue weighted by Gasteiger charge is 2.31. The van der Waals surface area contributed by atoms with E-state index in [-0.39, 0.29) is 11.4 Å². The van der Waals surface area contributed by atoms with Gasteiger partial charge >= 0.3 is 6.03 Å². The van der Waals surface area contributed by atoms with Gasteiger partial charge in [0, 0.05) is 18.0 Å². The van der Waals surface area contributed by atoms with E-state index in [1.54, 1.807) is 18.9 Å². The van der Waals surface area contributed by atoms with Gasteiger partial charge in [0.15, 0.2) is 0 Å². The van der Waals surface area contributed by atoms with E-state index >= 15 is 0 Å². The van der Waals surface area contributed by atoms with Crippen molar-refractivity contribution in [3.63, 3.8) is 0 Å². The van der Waals surface area contributed by atoms with Crippen molar-refractivity contribution in [2.24, 2.45) is 0 Å². The number of carbonyl (C=O) groups excluding carboxylic acids is 1. The van der Waals surface area contributed by atoms with E-state index in [1.165, 1.54) is 5.56 Å². The van der Waals surface area contributed by atoms with Crippen LogP contribution in [0.1, 0.15) is 22.1 Å². The smallest absolute Gasteiger partial charge is 0.323 e. The van der Waals surface area contributed by atoms with Gasteiger partial charge in [0.25, 0.3) is 0 Å². The lowest BCUT2D eigenvalue weighted by atomic mass is 10.1. The van der Waals surface area contributed by atoms with Crippen molar-refractivity contribution in [1.29, 1.82) is 0 Å². The first-order chi connectivity index (χ1) is 12.0. The summed E-state index contributed by atoms with van der Waals surface area (Å²) in [6, 6.07) is 11.9. The number of halogens is 1. The van der Waals surface area contributed by atoms with E-state index in [9.17, 15) is 4.79 Å². The van der Waals surface area contributed by atoms with Crippen LogP contribution in [0.2, 0.25) is 0 Å². The molecule has 1 unspecified atom stereocenters. The average molecular weight is 421 g/mol. The van der Waals surface area contributed by atoms with Crippen molar-refractivity contribution in [2.75, 3.05) is 24.7 Å². The Balaban J connectivity index is 1.80. The number of hydrogen-bond donors (Lipinski definition) is 1. The summed E-state index contributed by atoms with van der Waals surface area (Å²) < 4.78 is 6.19. The Bertz CT molecular complexity index is 797. The van der Waals surface area contributed by atoms with Crippen LogP contribution < -0.4 is 10.1 Å². The number of anilines is 1. The average Bonchev–Trinajstić information content (AvgIpc) is 3.08. The van der Waals surface area contributed by atoms with Crippen LogP contribution in [0.4, 0.5) is 10.5 Å². The molecule has 4 nitrogen and oxygen atoms in total. The van der Waals surface area contributed by atoms with E-state index in [2.05, 4.69) is 21.2 Å². The van der Waals surface area contributed by atoms with Crippen LogP contribution in [0.5, 0.6) is 5.75 Å². The lowest BCUT2D eigenvalue weighted by molar-refractivity contribution is 0.214. The van der Waals surface area contributed by atoms with Gasteiger partial charge in [-0.3, -0.25) is 0 Å². The summed E-state index contributed by atoms with van der Waals surface area (Å²) in [5.74, 6) is 1.72. The predicted octanol–water partition coefficient (Wildman–Crippen LogP) is 5.35. The summed E-state index contributed by atoms with van der Waals surface area (Å²) in [7, 11) is 1.65. The number of carbonyl (C=O) groups is 1. The number of thioether (sulfide) groups is 1. The SMILES string of the molecule is COc1ccc(C2SCCN2C(=O)Nc2cccc(C)c2C)cc1Br. The van der Waals surface area contributed by atoms with Gasteiger partial charge in [-0.1, -0.05) is 18.2 Å². The van der Waals surface area contributed by atoms with Crippen LogP contribution in [0, 0.1) is 13.8 Å². The van der Waals surface area contributed by atoms with E-state index in [1.807, 2.05) is 55.1 Å². The number of nitrogens with one attached hydrogen (secondary N) is 1. The lowest BCUT2D eigenvalue weighted by Gasteiger charge is -2.25. The minimum Gasteiger partial charge on any atom is -0.496 e. The van der Waals surface area contributed by atoms with Crippen molar-refractivity contribution in [2.45, 2.75) is 19.2 Å².